The first kappa shape index (κ1) is 33.0. The Morgan fingerprint density at radius 1 is 0.447 bits per heavy atom. The molecule has 1 fully saturated rings. The van der Waals surface area contributed by atoms with E-state index in [1.165, 1.54) is 12.0 Å². The lowest BCUT2D eigenvalue weighted by molar-refractivity contribution is 0.447. The van der Waals surface area contributed by atoms with Crippen molar-refractivity contribution in [1.29, 1.82) is 26.3 Å². The van der Waals surface area contributed by atoms with Crippen LogP contribution in [0, 0.1) is 133 Å². The summed E-state index contributed by atoms with van der Waals surface area (Å²) >= 11 is 0. The van der Waals surface area contributed by atoms with Crippen molar-refractivity contribution in [2.75, 3.05) is 0 Å². The van der Waals surface area contributed by atoms with Crippen LogP contribution in [0.25, 0.3) is 16.7 Å². The molecule has 4 rings (SSSR count). The number of terminal acetylenes is 1. The fourth-order valence-electron chi connectivity index (χ4n) is 4.47. The van der Waals surface area contributed by atoms with Gasteiger partial charge in [-0.15, -0.1) is 6.42 Å². The van der Waals surface area contributed by atoms with Crippen LogP contribution in [0.1, 0.15) is 33.4 Å². The number of allylic oxidation sites excluding steroid dienone is 6. The highest BCUT2D eigenvalue weighted by molar-refractivity contribution is 6.12. The van der Waals surface area contributed by atoms with Gasteiger partial charge in [0.05, 0.1) is 27.8 Å². The molecule has 5 nitrogen and oxygen atoms in total. The zero-order valence-corrected chi connectivity index (χ0v) is 22.0. The van der Waals surface area contributed by atoms with E-state index in [1.807, 2.05) is 0 Å². The van der Waals surface area contributed by atoms with E-state index in [4.69, 9.17) is 16.9 Å². The molecule has 0 aliphatic heterocycles. The molecule has 0 saturated heterocycles. The molecule has 0 aromatic heterocycles. The van der Waals surface area contributed by atoms with Crippen LogP contribution >= 0.6 is 0 Å². The highest BCUT2D eigenvalue weighted by Gasteiger charge is 2.45. The van der Waals surface area contributed by atoms with Gasteiger partial charge in [-0.05, 0) is 6.07 Å². The molecular weight excluding hydrogens is 651 g/mol. The van der Waals surface area contributed by atoms with Crippen LogP contribution in [0.3, 0.4) is 0 Å². The predicted molar refractivity (Wildman–Crippen MR) is 134 cm³/mol. The highest BCUT2D eigenvalue weighted by Crippen LogP contribution is 2.57. The van der Waals surface area contributed by atoms with Gasteiger partial charge in [0.25, 0.3) is 0 Å². The molecule has 1 aliphatic carbocycles. The maximum Gasteiger partial charge on any atom is 0.180 e. The second-order valence-corrected chi connectivity index (χ2v) is 8.87. The Hall–Kier alpha value is -6.88. The second kappa shape index (κ2) is 11.9. The summed E-state index contributed by atoms with van der Waals surface area (Å²) in [6.07, 6.45) is 4.84. The van der Waals surface area contributed by atoms with Crippen molar-refractivity contribution >= 4 is 16.7 Å². The topological polar surface area (TPSA) is 119 Å². The number of nitrogens with zero attached hydrogens (tertiary/aromatic N) is 5. The van der Waals surface area contributed by atoms with Crippen molar-refractivity contribution in [2.24, 2.45) is 0 Å². The average molecular weight is 653 g/mol. The first-order chi connectivity index (χ1) is 22.2. The molecule has 3 aromatic carbocycles. The third-order valence-electron chi connectivity index (χ3n) is 6.60. The SMILES string of the molecule is C#Cc1c(F)c(F)c(/C(C#N)=C2\C(=C(C#N)c3cc(F)c(C#N)c(F)c3F)\C2=C(/C#N)c2c(F)c(F)c(C#N)c(F)c2F)c(F)c1F. The molecule has 0 atom stereocenters. The van der Waals surface area contributed by atoms with E-state index in [0.717, 1.165) is 24.3 Å². The molecule has 0 N–H and O–H groups in total. The summed E-state index contributed by atoms with van der Waals surface area (Å²) in [4.78, 5) is 0. The van der Waals surface area contributed by atoms with Crippen LogP contribution < -0.4 is 0 Å². The quantitative estimate of drug-likeness (QED) is 0.128. The largest absolute Gasteiger partial charge is 0.205 e. The minimum Gasteiger partial charge on any atom is -0.205 e. The summed E-state index contributed by atoms with van der Waals surface area (Å²) in [5.74, 6) is -23.8. The number of hydrogen-bond donors (Lipinski definition) is 0. The molecule has 228 valence electrons. The van der Waals surface area contributed by atoms with E-state index in [9.17, 15) is 42.1 Å². The molecular formula is C31H2F11N5. The lowest BCUT2D eigenvalue weighted by atomic mass is 9.99. The Morgan fingerprint density at radius 2 is 0.787 bits per heavy atom. The molecule has 1 saturated carbocycles. The molecule has 16 heteroatoms. The number of rotatable bonds is 3. The van der Waals surface area contributed by atoms with E-state index in [-0.39, 0.29) is 6.07 Å². The monoisotopic (exact) mass is 653 g/mol. The molecule has 0 radical (unpaired) electrons. The van der Waals surface area contributed by atoms with Gasteiger partial charge in [0.2, 0.25) is 0 Å². The van der Waals surface area contributed by atoms with Gasteiger partial charge in [0.15, 0.2) is 58.2 Å². The van der Waals surface area contributed by atoms with Gasteiger partial charge >= 0.3 is 0 Å². The smallest absolute Gasteiger partial charge is 0.180 e. The van der Waals surface area contributed by atoms with Crippen LogP contribution in [0.4, 0.5) is 48.3 Å². The third kappa shape index (κ3) is 4.70. The molecule has 1 aliphatic rings. The van der Waals surface area contributed by atoms with Gasteiger partial charge in [0, 0.05) is 22.3 Å². The molecule has 0 spiro atoms. The van der Waals surface area contributed by atoms with Crippen molar-refractivity contribution in [2.45, 2.75) is 0 Å². The Morgan fingerprint density at radius 3 is 1.13 bits per heavy atom. The minimum atomic E-state index is -2.44. The molecule has 3 aromatic rings. The van der Waals surface area contributed by atoms with E-state index in [1.54, 1.807) is 0 Å². The Kier molecular flexibility index (Phi) is 8.36. The summed E-state index contributed by atoms with van der Waals surface area (Å²) in [7, 11) is 0. The maximum absolute atomic E-state index is 15.1. The van der Waals surface area contributed by atoms with Crippen molar-refractivity contribution in [3.8, 4) is 42.7 Å². The van der Waals surface area contributed by atoms with Crippen molar-refractivity contribution < 1.29 is 48.3 Å². The van der Waals surface area contributed by atoms with E-state index in [0.29, 0.717) is 0 Å². The van der Waals surface area contributed by atoms with Crippen LogP contribution in [0.5, 0.6) is 0 Å². The molecule has 0 bridgehead atoms. The summed E-state index contributed by atoms with van der Waals surface area (Å²) in [5.41, 5.74) is -18.6. The average Bonchev–Trinajstić information content (AvgIpc) is 3.76. The number of benzene rings is 3. The minimum absolute atomic E-state index is 0.0264. The molecule has 47 heavy (non-hydrogen) atoms. The van der Waals surface area contributed by atoms with Gasteiger partial charge < -0.3 is 0 Å². The van der Waals surface area contributed by atoms with Gasteiger partial charge in [-0.25, -0.2) is 48.3 Å². The van der Waals surface area contributed by atoms with Gasteiger partial charge in [-0.2, -0.15) is 26.3 Å². The molecule has 0 heterocycles. The zero-order valence-electron chi connectivity index (χ0n) is 22.0. The second-order valence-electron chi connectivity index (χ2n) is 8.87. The van der Waals surface area contributed by atoms with E-state index >= 15 is 22.0 Å². The first-order valence-corrected chi connectivity index (χ1v) is 11.8. The zero-order chi connectivity index (χ0) is 35.2. The summed E-state index contributed by atoms with van der Waals surface area (Å²) in [5, 5.41) is 47.3. The summed E-state index contributed by atoms with van der Waals surface area (Å²) in [6, 6.07) is 5.09. The van der Waals surface area contributed by atoms with E-state index < -0.39 is 131 Å². The van der Waals surface area contributed by atoms with Crippen LogP contribution in [-0.4, -0.2) is 0 Å². The number of nitriles is 5. The van der Waals surface area contributed by atoms with Gasteiger partial charge in [0.1, 0.15) is 52.9 Å². The predicted octanol–water partition coefficient (Wildman–Crippen LogP) is 7.19. The van der Waals surface area contributed by atoms with Gasteiger partial charge in [-0.3, -0.25) is 0 Å². The summed E-state index contributed by atoms with van der Waals surface area (Å²) in [6.45, 7) is 0. The number of halogens is 11. The Balaban J connectivity index is 2.34. The van der Waals surface area contributed by atoms with Crippen molar-refractivity contribution in [3.05, 3.63) is 120 Å². The van der Waals surface area contributed by atoms with Crippen LogP contribution in [0.2, 0.25) is 0 Å². The summed E-state index contributed by atoms with van der Waals surface area (Å²) < 4.78 is 162. The van der Waals surface area contributed by atoms with Crippen LogP contribution in [-0.2, 0) is 0 Å². The third-order valence-corrected chi connectivity index (χ3v) is 6.60. The number of hydrogen-bond acceptors (Lipinski definition) is 5. The lowest BCUT2D eigenvalue weighted by Crippen LogP contribution is -2.06. The standard InChI is InChI=1S/C31H2F11N5/c1-2-9-22(33)28(39)20(29(40)23(9)34)13(6-45)18-17(11(4-43)10-3-16(32)12(5-44)25(36)24(10)35)19(18)14(7-46)21-30(41)26(37)15(8-47)27(38)31(21)42/h1,3H/b17-11?,18-13+,19-14-. The van der Waals surface area contributed by atoms with Crippen LogP contribution in [0.15, 0.2) is 22.8 Å². The van der Waals surface area contributed by atoms with Crippen molar-refractivity contribution in [3.63, 3.8) is 0 Å². The fraction of sp³-hybridized carbons (Fsp3) is 0. The Labute approximate surface area is 254 Å². The van der Waals surface area contributed by atoms with Gasteiger partial charge in [-0.1, -0.05) is 5.92 Å². The highest BCUT2D eigenvalue weighted by atomic mass is 19.2. The normalized spacial score (nSPS) is 14.9. The fourth-order valence-corrected chi connectivity index (χ4v) is 4.47. The first-order valence-electron chi connectivity index (χ1n) is 11.8. The Bertz CT molecular complexity index is 2200. The molecule has 0 amide bonds. The molecule has 0 unspecified atom stereocenters. The van der Waals surface area contributed by atoms with E-state index in [2.05, 4.69) is 0 Å². The maximum atomic E-state index is 15.1. The lowest BCUT2D eigenvalue weighted by Gasteiger charge is -2.08. The van der Waals surface area contributed by atoms with Crippen molar-refractivity contribution in [1.82, 2.24) is 0 Å².